The SMILES string of the molecule is CCCCCCCCCCCCCCCCN(C)C.O=C(O)c1ccc([N+](=O)[O-])cc1. The number of hydrogen-bond acceptors (Lipinski definition) is 4. The van der Waals surface area contributed by atoms with Crippen molar-refractivity contribution in [3.8, 4) is 0 Å². The third-order valence-electron chi connectivity index (χ3n) is 5.28. The first-order chi connectivity index (χ1) is 14.9. The number of nitrogens with zero attached hydrogens (tertiary/aromatic N) is 2. The number of carboxylic acids is 1. The number of rotatable bonds is 17. The van der Waals surface area contributed by atoms with Gasteiger partial charge in [-0.2, -0.15) is 0 Å². The number of carbonyl (C=O) groups is 1. The minimum atomic E-state index is -1.09. The summed E-state index contributed by atoms with van der Waals surface area (Å²) in [5, 5.41) is 18.6. The lowest BCUT2D eigenvalue weighted by Gasteiger charge is -2.08. The second-order valence-corrected chi connectivity index (χ2v) is 8.51. The van der Waals surface area contributed by atoms with Crippen LogP contribution in [-0.2, 0) is 0 Å². The van der Waals surface area contributed by atoms with E-state index in [0.717, 1.165) is 12.1 Å². The standard InChI is InChI=1S/C18H39N.C7H5NO4/c1-4-5-6-7-8-9-10-11-12-13-14-15-16-17-18-19(2)3;9-7(10)5-1-3-6(4-2-5)8(11)12/h4-18H2,1-3H3;1-4H,(H,9,10). The largest absolute Gasteiger partial charge is 0.478 e. The highest BCUT2D eigenvalue weighted by Gasteiger charge is 2.06. The van der Waals surface area contributed by atoms with Crippen LogP contribution in [0.15, 0.2) is 24.3 Å². The van der Waals surface area contributed by atoms with Gasteiger partial charge in [0.05, 0.1) is 10.5 Å². The summed E-state index contributed by atoms with van der Waals surface area (Å²) in [6.07, 6.45) is 20.3. The highest BCUT2D eigenvalue weighted by atomic mass is 16.6. The zero-order valence-electron chi connectivity index (χ0n) is 20.0. The fraction of sp³-hybridized carbons (Fsp3) is 0.720. The lowest BCUT2D eigenvalue weighted by Crippen LogP contribution is -2.12. The highest BCUT2D eigenvalue weighted by molar-refractivity contribution is 5.87. The van der Waals surface area contributed by atoms with Gasteiger partial charge < -0.3 is 10.0 Å². The van der Waals surface area contributed by atoms with E-state index < -0.39 is 10.9 Å². The summed E-state index contributed by atoms with van der Waals surface area (Å²) in [7, 11) is 4.34. The van der Waals surface area contributed by atoms with Crippen LogP contribution in [0.1, 0.15) is 107 Å². The molecule has 0 fully saturated rings. The van der Waals surface area contributed by atoms with Crippen LogP contribution in [0.5, 0.6) is 0 Å². The van der Waals surface area contributed by atoms with Crippen LogP contribution in [0, 0.1) is 10.1 Å². The van der Waals surface area contributed by atoms with Crippen LogP contribution >= 0.6 is 0 Å². The summed E-state index contributed by atoms with van der Waals surface area (Å²) in [6, 6.07) is 4.70. The Morgan fingerprint density at radius 2 is 1.19 bits per heavy atom. The normalized spacial score (nSPS) is 10.6. The molecule has 0 spiro atoms. The van der Waals surface area contributed by atoms with E-state index in [1.165, 1.54) is 109 Å². The van der Waals surface area contributed by atoms with Crippen molar-refractivity contribution in [1.82, 2.24) is 4.90 Å². The van der Waals surface area contributed by atoms with Gasteiger partial charge in [-0.15, -0.1) is 0 Å². The Kier molecular flexibility index (Phi) is 18.7. The first-order valence-corrected chi connectivity index (χ1v) is 12.0. The van der Waals surface area contributed by atoms with Crippen molar-refractivity contribution in [3.05, 3.63) is 39.9 Å². The van der Waals surface area contributed by atoms with Crippen LogP contribution in [0.4, 0.5) is 5.69 Å². The summed E-state index contributed by atoms with van der Waals surface area (Å²) in [5.74, 6) is -1.09. The number of aromatic carboxylic acids is 1. The Bertz CT molecular complexity index is 540. The van der Waals surface area contributed by atoms with E-state index in [0.29, 0.717) is 0 Å². The maximum atomic E-state index is 10.3. The van der Waals surface area contributed by atoms with Gasteiger partial charge in [-0.3, -0.25) is 10.1 Å². The van der Waals surface area contributed by atoms with Gasteiger partial charge in [-0.25, -0.2) is 4.79 Å². The van der Waals surface area contributed by atoms with E-state index >= 15 is 0 Å². The molecule has 0 aliphatic heterocycles. The molecule has 1 aromatic carbocycles. The summed E-state index contributed by atoms with van der Waals surface area (Å²) in [5.41, 5.74) is -0.0689. The fourth-order valence-electron chi connectivity index (χ4n) is 3.35. The Morgan fingerprint density at radius 3 is 1.52 bits per heavy atom. The van der Waals surface area contributed by atoms with Gasteiger partial charge in [0.15, 0.2) is 0 Å². The Morgan fingerprint density at radius 1 is 0.806 bits per heavy atom. The predicted molar refractivity (Wildman–Crippen MR) is 129 cm³/mol. The molecule has 6 heteroatoms. The Balaban J connectivity index is 0.000000639. The first-order valence-electron chi connectivity index (χ1n) is 12.0. The van der Waals surface area contributed by atoms with Gasteiger partial charge in [0.1, 0.15) is 0 Å². The first kappa shape index (κ1) is 29.1. The van der Waals surface area contributed by atoms with Crippen molar-refractivity contribution in [2.45, 2.75) is 96.8 Å². The number of nitro groups is 1. The van der Waals surface area contributed by atoms with E-state index in [1.54, 1.807) is 0 Å². The van der Waals surface area contributed by atoms with Crippen LogP contribution < -0.4 is 0 Å². The van der Waals surface area contributed by atoms with Gasteiger partial charge in [-0.1, -0.05) is 90.4 Å². The molecule has 1 aromatic rings. The van der Waals surface area contributed by atoms with Crippen molar-refractivity contribution in [2.24, 2.45) is 0 Å². The van der Waals surface area contributed by atoms with Crippen molar-refractivity contribution in [2.75, 3.05) is 20.6 Å². The van der Waals surface area contributed by atoms with E-state index in [4.69, 9.17) is 5.11 Å². The predicted octanol–water partition coefficient (Wildman–Crippen LogP) is 7.32. The summed E-state index contributed by atoms with van der Waals surface area (Å²) < 4.78 is 0. The van der Waals surface area contributed by atoms with E-state index in [1.807, 2.05) is 0 Å². The molecule has 0 radical (unpaired) electrons. The fourth-order valence-corrected chi connectivity index (χ4v) is 3.35. The lowest BCUT2D eigenvalue weighted by atomic mass is 10.0. The summed E-state index contributed by atoms with van der Waals surface area (Å²) >= 11 is 0. The zero-order valence-corrected chi connectivity index (χ0v) is 20.0. The van der Waals surface area contributed by atoms with E-state index in [9.17, 15) is 14.9 Å². The number of hydrogen-bond donors (Lipinski definition) is 1. The van der Waals surface area contributed by atoms with E-state index in [-0.39, 0.29) is 11.3 Å². The molecule has 1 rings (SSSR count). The average molecular weight is 437 g/mol. The number of unbranched alkanes of at least 4 members (excludes halogenated alkanes) is 13. The van der Waals surface area contributed by atoms with Gasteiger partial charge in [0.25, 0.3) is 5.69 Å². The van der Waals surface area contributed by atoms with Crippen LogP contribution in [0.2, 0.25) is 0 Å². The van der Waals surface area contributed by atoms with Crippen LogP contribution in [0.3, 0.4) is 0 Å². The van der Waals surface area contributed by atoms with Crippen LogP contribution in [-0.4, -0.2) is 41.5 Å². The Hall–Kier alpha value is -1.95. The van der Waals surface area contributed by atoms with Gasteiger partial charge >= 0.3 is 5.97 Å². The molecule has 0 aromatic heterocycles. The second kappa shape index (κ2) is 20.0. The minimum Gasteiger partial charge on any atom is -0.478 e. The molecule has 31 heavy (non-hydrogen) atoms. The molecule has 0 unspecified atom stereocenters. The van der Waals surface area contributed by atoms with Gasteiger partial charge in [-0.05, 0) is 39.2 Å². The summed E-state index contributed by atoms with van der Waals surface area (Å²) in [4.78, 5) is 22.2. The number of non-ortho nitro benzene ring substituents is 1. The van der Waals surface area contributed by atoms with Crippen LogP contribution in [0.25, 0.3) is 0 Å². The number of benzene rings is 1. The highest BCUT2D eigenvalue weighted by Crippen LogP contribution is 2.13. The van der Waals surface area contributed by atoms with Crippen molar-refractivity contribution in [3.63, 3.8) is 0 Å². The topological polar surface area (TPSA) is 83.7 Å². The monoisotopic (exact) mass is 436 g/mol. The van der Waals surface area contributed by atoms with Gasteiger partial charge in [0, 0.05) is 12.1 Å². The molecule has 0 saturated heterocycles. The maximum absolute atomic E-state index is 10.3. The molecular formula is C25H44N2O4. The molecule has 0 aliphatic carbocycles. The molecule has 6 nitrogen and oxygen atoms in total. The second-order valence-electron chi connectivity index (χ2n) is 8.51. The van der Waals surface area contributed by atoms with E-state index in [2.05, 4.69) is 25.9 Å². The molecule has 1 N–H and O–H groups in total. The lowest BCUT2D eigenvalue weighted by molar-refractivity contribution is -0.384. The smallest absolute Gasteiger partial charge is 0.335 e. The maximum Gasteiger partial charge on any atom is 0.335 e. The summed E-state index contributed by atoms with van der Waals surface area (Å²) in [6.45, 7) is 3.55. The quantitative estimate of drug-likeness (QED) is 0.157. The molecular weight excluding hydrogens is 392 g/mol. The third-order valence-corrected chi connectivity index (χ3v) is 5.28. The Labute approximate surface area is 189 Å². The number of carboxylic acid groups (broad SMARTS) is 1. The van der Waals surface area contributed by atoms with Crippen molar-refractivity contribution >= 4 is 11.7 Å². The minimum absolute atomic E-state index is 0.0422. The van der Waals surface area contributed by atoms with Crippen molar-refractivity contribution in [1.29, 1.82) is 0 Å². The number of nitro benzene ring substituents is 1. The molecule has 0 saturated carbocycles. The molecule has 0 atom stereocenters. The third kappa shape index (κ3) is 18.5. The molecule has 178 valence electrons. The molecule has 0 bridgehead atoms. The molecule has 0 amide bonds. The zero-order chi connectivity index (χ0) is 23.3. The van der Waals surface area contributed by atoms with Crippen molar-refractivity contribution < 1.29 is 14.8 Å². The molecule has 0 aliphatic rings. The molecule has 0 heterocycles. The van der Waals surface area contributed by atoms with Gasteiger partial charge in [0.2, 0.25) is 0 Å². The average Bonchev–Trinajstić information content (AvgIpc) is 2.74.